The van der Waals surface area contributed by atoms with E-state index in [0.29, 0.717) is 18.6 Å². The van der Waals surface area contributed by atoms with Gasteiger partial charge in [0.1, 0.15) is 6.10 Å². The monoisotopic (exact) mass is 327 g/mol. The van der Waals surface area contributed by atoms with Crippen LogP contribution in [0.3, 0.4) is 0 Å². The van der Waals surface area contributed by atoms with Crippen molar-refractivity contribution in [3.8, 4) is 0 Å². The van der Waals surface area contributed by atoms with Crippen LogP contribution >= 0.6 is 0 Å². The molecule has 1 aromatic carbocycles. The molecular formula is C13H11F6NO2. The first-order chi connectivity index (χ1) is 10.0. The highest BCUT2D eigenvalue weighted by Gasteiger charge is 2.40. The SMILES string of the molecule is CC[C@@H]1NC(=O)O[C@@H]1c1cc(C(F)(F)F)cc(C(F)(F)F)c1. The number of alkyl halides is 6. The molecule has 0 spiro atoms. The van der Waals surface area contributed by atoms with Gasteiger partial charge in [0.2, 0.25) is 0 Å². The van der Waals surface area contributed by atoms with Gasteiger partial charge < -0.3 is 10.1 Å². The van der Waals surface area contributed by atoms with Crippen molar-refractivity contribution >= 4 is 6.09 Å². The number of amides is 1. The molecule has 0 bridgehead atoms. The molecular weight excluding hydrogens is 316 g/mol. The van der Waals surface area contributed by atoms with Crippen molar-refractivity contribution in [3.05, 3.63) is 34.9 Å². The summed E-state index contributed by atoms with van der Waals surface area (Å²) in [4.78, 5) is 11.2. The van der Waals surface area contributed by atoms with E-state index in [1.807, 2.05) is 0 Å². The normalized spacial score (nSPS) is 22.4. The minimum atomic E-state index is -4.94. The van der Waals surface area contributed by atoms with Gasteiger partial charge in [0.25, 0.3) is 0 Å². The predicted molar refractivity (Wildman–Crippen MR) is 62.9 cm³/mol. The van der Waals surface area contributed by atoms with E-state index in [2.05, 4.69) is 5.32 Å². The Morgan fingerprint density at radius 1 is 1.05 bits per heavy atom. The Hall–Kier alpha value is -1.93. The van der Waals surface area contributed by atoms with Gasteiger partial charge in [-0.05, 0) is 30.2 Å². The second kappa shape index (κ2) is 5.36. The molecule has 122 valence electrons. The van der Waals surface area contributed by atoms with Crippen molar-refractivity contribution in [2.24, 2.45) is 0 Å². The highest BCUT2D eigenvalue weighted by atomic mass is 19.4. The van der Waals surface area contributed by atoms with Gasteiger partial charge in [0.05, 0.1) is 17.2 Å². The van der Waals surface area contributed by atoms with Crippen LogP contribution in [0.5, 0.6) is 0 Å². The van der Waals surface area contributed by atoms with Crippen molar-refractivity contribution in [1.82, 2.24) is 5.32 Å². The highest BCUT2D eigenvalue weighted by Crippen LogP contribution is 2.39. The molecule has 0 aliphatic carbocycles. The fraction of sp³-hybridized carbons (Fsp3) is 0.462. The van der Waals surface area contributed by atoms with Gasteiger partial charge in [-0.25, -0.2) is 4.79 Å². The molecule has 1 aromatic rings. The Bertz CT molecular complexity index is 549. The van der Waals surface area contributed by atoms with E-state index >= 15 is 0 Å². The van der Waals surface area contributed by atoms with Crippen molar-refractivity contribution in [2.45, 2.75) is 37.8 Å². The maximum absolute atomic E-state index is 12.8. The Morgan fingerprint density at radius 3 is 1.95 bits per heavy atom. The van der Waals surface area contributed by atoms with Crippen LogP contribution in [0.25, 0.3) is 0 Å². The largest absolute Gasteiger partial charge is 0.439 e. The zero-order valence-electron chi connectivity index (χ0n) is 11.2. The van der Waals surface area contributed by atoms with Crippen LogP contribution in [0.1, 0.15) is 36.1 Å². The third kappa shape index (κ3) is 3.28. The van der Waals surface area contributed by atoms with Crippen LogP contribution in [0.15, 0.2) is 18.2 Å². The number of alkyl carbamates (subject to hydrolysis) is 1. The Labute approximate surface area is 121 Å². The fourth-order valence-electron chi connectivity index (χ4n) is 2.22. The number of hydrogen-bond acceptors (Lipinski definition) is 2. The summed E-state index contributed by atoms with van der Waals surface area (Å²) in [5.41, 5.74) is -3.21. The summed E-state index contributed by atoms with van der Waals surface area (Å²) in [6.45, 7) is 1.63. The predicted octanol–water partition coefficient (Wildman–Crippen LogP) is 4.28. The Kier molecular flexibility index (Phi) is 4.01. The van der Waals surface area contributed by atoms with Gasteiger partial charge >= 0.3 is 18.4 Å². The van der Waals surface area contributed by atoms with Crippen LogP contribution in [0.4, 0.5) is 31.1 Å². The number of halogens is 6. The minimum absolute atomic E-state index is 0.0364. The van der Waals surface area contributed by atoms with Gasteiger partial charge in [-0.2, -0.15) is 26.3 Å². The smallest absolute Gasteiger partial charge is 0.416 e. The van der Waals surface area contributed by atoms with Gasteiger partial charge in [0, 0.05) is 0 Å². The lowest BCUT2D eigenvalue weighted by Crippen LogP contribution is -2.27. The minimum Gasteiger partial charge on any atom is -0.439 e. The van der Waals surface area contributed by atoms with Gasteiger partial charge in [0.15, 0.2) is 0 Å². The maximum atomic E-state index is 12.8. The molecule has 22 heavy (non-hydrogen) atoms. The molecule has 1 fully saturated rings. The van der Waals surface area contributed by atoms with Crippen molar-refractivity contribution in [1.29, 1.82) is 0 Å². The standard InChI is InChI=1S/C13H11F6NO2/c1-2-9-10(22-11(21)20-9)6-3-7(12(14,15)16)5-8(4-6)13(17,18)19/h3-5,9-10H,2H2,1H3,(H,20,21)/t9-,10+/m0/s1. The summed E-state index contributed by atoms with van der Waals surface area (Å²) >= 11 is 0. The second-order valence-corrected chi connectivity index (χ2v) is 4.82. The second-order valence-electron chi connectivity index (χ2n) is 4.82. The highest BCUT2D eigenvalue weighted by molar-refractivity contribution is 5.70. The summed E-state index contributed by atoms with van der Waals surface area (Å²) in [5, 5.41) is 2.34. The molecule has 0 radical (unpaired) electrons. The van der Waals surface area contributed by atoms with E-state index in [1.54, 1.807) is 6.92 Å². The number of carbonyl (C=O) groups is 1. The lowest BCUT2D eigenvalue weighted by molar-refractivity contribution is -0.143. The fourth-order valence-corrected chi connectivity index (χ4v) is 2.22. The maximum Gasteiger partial charge on any atom is 0.416 e. The molecule has 1 N–H and O–H groups in total. The molecule has 1 aliphatic heterocycles. The topological polar surface area (TPSA) is 38.3 Å². The Balaban J connectivity index is 2.53. The third-order valence-electron chi connectivity index (χ3n) is 3.28. The summed E-state index contributed by atoms with van der Waals surface area (Å²) in [6, 6.07) is 0.498. The van der Waals surface area contributed by atoms with Crippen LogP contribution in [0, 0.1) is 0 Å². The quantitative estimate of drug-likeness (QED) is 0.823. The average molecular weight is 327 g/mol. The van der Waals surface area contributed by atoms with E-state index in [-0.39, 0.29) is 11.6 Å². The first-order valence-electron chi connectivity index (χ1n) is 6.29. The molecule has 2 rings (SSSR count). The van der Waals surface area contributed by atoms with Gasteiger partial charge in [-0.3, -0.25) is 0 Å². The number of carbonyl (C=O) groups excluding carboxylic acids is 1. The lowest BCUT2D eigenvalue weighted by Gasteiger charge is -2.19. The van der Waals surface area contributed by atoms with E-state index < -0.39 is 41.7 Å². The average Bonchev–Trinajstić information content (AvgIpc) is 2.77. The van der Waals surface area contributed by atoms with E-state index in [0.717, 1.165) is 0 Å². The number of nitrogens with one attached hydrogen (secondary N) is 1. The van der Waals surface area contributed by atoms with Gasteiger partial charge in [-0.1, -0.05) is 6.92 Å². The number of cyclic esters (lactones) is 1. The van der Waals surface area contributed by atoms with E-state index in [1.165, 1.54) is 0 Å². The summed E-state index contributed by atoms with van der Waals surface area (Å²) in [6.07, 6.45) is -11.6. The molecule has 9 heteroatoms. The molecule has 1 aliphatic rings. The van der Waals surface area contributed by atoms with Crippen molar-refractivity contribution in [2.75, 3.05) is 0 Å². The zero-order chi connectivity index (χ0) is 16.7. The summed E-state index contributed by atoms with van der Waals surface area (Å²) in [7, 11) is 0. The number of ether oxygens (including phenoxy) is 1. The van der Waals surface area contributed by atoms with Crippen LogP contribution in [-0.2, 0) is 17.1 Å². The van der Waals surface area contributed by atoms with Crippen molar-refractivity contribution in [3.63, 3.8) is 0 Å². The van der Waals surface area contributed by atoms with Crippen LogP contribution < -0.4 is 5.32 Å². The van der Waals surface area contributed by atoms with E-state index in [9.17, 15) is 31.1 Å². The van der Waals surface area contributed by atoms with Crippen LogP contribution in [-0.4, -0.2) is 12.1 Å². The number of hydrogen-bond donors (Lipinski definition) is 1. The molecule has 0 unspecified atom stereocenters. The van der Waals surface area contributed by atoms with Gasteiger partial charge in [-0.15, -0.1) is 0 Å². The zero-order valence-corrected chi connectivity index (χ0v) is 11.2. The first kappa shape index (κ1) is 16.4. The molecule has 1 saturated heterocycles. The Morgan fingerprint density at radius 2 is 1.55 bits per heavy atom. The molecule has 1 amide bonds. The van der Waals surface area contributed by atoms with E-state index in [4.69, 9.17) is 4.74 Å². The summed E-state index contributed by atoms with van der Waals surface area (Å²) < 4.78 is 81.5. The molecule has 0 aromatic heterocycles. The third-order valence-corrected chi connectivity index (χ3v) is 3.28. The van der Waals surface area contributed by atoms with Crippen molar-refractivity contribution < 1.29 is 35.9 Å². The molecule has 1 heterocycles. The lowest BCUT2D eigenvalue weighted by atomic mass is 9.96. The number of rotatable bonds is 2. The molecule has 0 saturated carbocycles. The summed E-state index contributed by atoms with van der Waals surface area (Å²) in [5.74, 6) is 0. The molecule has 3 nitrogen and oxygen atoms in total. The van der Waals surface area contributed by atoms with Crippen LogP contribution in [0.2, 0.25) is 0 Å². The number of benzene rings is 1. The molecule has 2 atom stereocenters. The first-order valence-corrected chi connectivity index (χ1v) is 6.29.